The molecular weight excluding hydrogens is 132 g/mol. The number of amidine groups is 1. The summed E-state index contributed by atoms with van der Waals surface area (Å²) >= 11 is 1.43. The molecule has 0 aliphatic heterocycles. The Balaban J connectivity index is 3.58. The zero-order valence-corrected chi connectivity index (χ0v) is 6.66. The van der Waals surface area contributed by atoms with Gasteiger partial charge in [0, 0.05) is 13.6 Å². The average molecular weight is 144 g/mol. The average Bonchev–Trinajstić information content (AvgIpc) is 1.87. The molecule has 0 saturated heterocycles. The summed E-state index contributed by atoms with van der Waals surface area (Å²) in [7, 11) is 1.88. The van der Waals surface area contributed by atoms with Crippen LogP contribution in [0.15, 0.2) is 12.7 Å². The smallest absolute Gasteiger partial charge is 0.156 e. The highest BCUT2D eigenvalue weighted by Gasteiger charge is 1.97. The van der Waals surface area contributed by atoms with Gasteiger partial charge >= 0.3 is 0 Å². The summed E-state index contributed by atoms with van der Waals surface area (Å²) < 4.78 is 0. The van der Waals surface area contributed by atoms with Gasteiger partial charge in [-0.05, 0) is 6.26 Å². The Morgan fingerprint density at radius 3 is 2.78 bits per heavy atom. The van der Waals surface area contributed by atoms with E-state index in [1.165, 1.54) is 11.8 Å². The minimum Gasteiger partial charge on any atom is -0.351 e. The van der Waals surface area contributed by atoms with Crippen LogP contribution in [0, 0.1) is 5.41 Å². The Morgan fingerprint density at radius 2 is 2.44 bits per heavy atom. The molecule has 0 radical (unpaired) electrons. The van der Waals surface area contributed by atoms with Crippen LogP contribution >= 0.6 is 11.8 Å². The van der Waals surface area contributed by atoms with Crippen molar-refractivity contribution in [1.82, 2.24) is 4.90 Å². The fraction of sp³-hybridized carbons (Fsp3) is 0.500. The Kier molecular flexibility index (Phi) is 4.22. The van der Waals surface area contributed by atoms with Crippen LogP contribution in [0.1, 0.15) is 0 Å². The number of hydrogen-bond donors (Lipinski definition) is 1. The SMILES string of the molecule is C=CCN(C)C(=N)SC. The van der Waals surface area contributed by atoms with Gasteiger partial charge in [0.05, 0.1) is 0 Å². The second kappa shape index (κ2) is 4.44. The fourth-order valence-electron chi connectivity index (χ4n) is 0.432. The van der Waals surface area contributed by atoms with E-state index >= 15 is 0 Å². The molecule has 3 heteroatoms. The van der Waals surface area contributed by atoms with E-state index in [1.54, 1.807) is 6.08 Å². The van der Waals surface area contributed by atoms with E-state index in [4.69, 9.17) is 5.41 Å². The highest BCUT2D eigenvalue weighted by atomic mass is 32.2. The van der Waals surface area contributed by atoms with E-state index in [1.807, 2.05) is 18.2 Å². The van der Waals surface area contributed by atoms with Crippen molar-refractivity contribution >= 4 is 16.9 Å². The molecule has 0 bridgehead atoms. The number of likely N-dealkylation sites (N-methyl/N-ethyl adjacent to an activating group) is 1. The third-order valence-corrected chi connectivity index (χ3v) is 1.64. The standard InChI is InChI=1S/C6H12N2S/c1-4-5-8(2)6(7)9-3/h4,7H,1,5H2,2-3H3. The zero-order valence-electron chi connectivity index (χ0n) is 5.85. The molecule has 1 N–H and O–H groups in total. The molecule has 0 heterocycles. The van der Waals surface area contributed by atoms with Gasteiger partial charge in [0.1, 0.15) is 0 Å². The molecule has 0 amide bonds. The molecule has 0 unspecified atom stereocenters. The minimum atomic E-state index is 0.579. The fourth-order valence-corrected chi connectivity index (χ4v) is 0.819. The molecule has 0 rings (SSSR count). The van der Waals surface area contributed by atoms with Gasteiger partial charge in [0.25, 0.3) is 0 Å². The van der Waals surface area contributed by atoms with Crippen LogP contribution in [0.4, 0.5) is 0 Å². The van der Waals surface area contributed by atoms with E-state index in [2.05, 4.69) is 6.58 Å². The molecule has 0 saturated carbocycles. The summed E-state index contributed by atoms with van der Waals surface area (Å²) in [5.41, 5.74) is 0. The minimum absolute atomic E-state index is 0.579. The van der Waals surface area contributed by atoms with E-state index in [9.17, 15) is 0 Å². The Morgan fingerprint density at radius 1 is 1.89 bits per heavy atom. The summed E-state index contributed by atoms with van der Waals surface area (Å²) in [5, 5.41) is 7.87. The molecule has 0 atom stereocenters. The second-order valence-corrected chi connectivity index (χ2v) is 2.47. The highest BCUT2D eigenvalue weighted by Crippen LogP contribution is 1.98. The van der Waals surface area contributed by atoms with Crippen LogP contribution in [0.2, 0.25) is 0 Å². The summed E-state index contributed by atoms with van der Waals surface area (Å²) in [6.45, 7) is 4.32. The number of rotatable bonds is 2. The molecular formula is C6H12N2S. The molecule has 2 nitrogen and oxygen atoms in total. The van der Waals surface area contributed by atoms with E-state index in [-0.39, 0.29) is 0 Å². The van der Waals surface area contributed by atoms with Crippen molar-refractivity contribution in [3.63, 3.8) is 0 Å². The molecule has 0 aliphatic carbocycles. The van der Waals surface area contributed by atoms with Crippen molar-refractivity contribution in [3.05, 3.63) is 12.7 Å². The Bertz CT molecular complexity index is 112. The van der Waals surface area contributed by atoms with Gasteiger partial charge in [-0.25, -0.2) is 0 Å². The van der Waals surface area contributed by atoms with Crippen LogP contribution in [0.25, 0.3) is 0 Å². The zero-order chi connectivity index (χ0) is 7.28. The maximum atomic E-state index is 7.29. The number of nitrogens with one attached hydrogen (secondary N) is 1. The lowest BCUT2D eigenvalue weighted by Crippen LogP contribution is -2.22. The summed E-state index contributed by atoms with van der Waals surface area (Å²) in [4.78, 5) is 1.83. The molecule has 0 spiro atoms. The third-order valence-electron chi connectivity index (χ3n) is 0.943. The van der Waals surface area contributed by atoms with Crippen LogP contribution in [0.3, 0.4) is 0 Å². The van der Waals surface area contributed by atoms with Crippen molar-refractivity contribution in [2.24, 2.45) is 0 Å². The van der Waals surface area contributed by atoms with Crippen LogP contribution < -0.4 is 0 Å². The number of thioether (sulfide) groups is 1. The molecule has 0 fully saturated rings. The molecule has 0 aliphatic rings. The Labute approximate surface area is 60.4 Å². The van der Waals surface area contributed by atoms with Gasteiger partial charge < -0.3 is 4.90 Å². The van der Waals surface area contributed by atoms with Gasteiger partial charge in [0.2, 0.25) is 0 Å². The van der Waals surface area contributed by atoms with Crippen molar-refractivity contribution in [3.8, 4) is 0 Å². The van der Waals surface area contributed by atoms with Crippen molar-refractivity contribution in [2.75, 3.05) is 19.8 Å². The normalized spacial score (nSPS) is 8.67. The third kappa shape index (κ3) is 3.19. The highest BCUT2D eigenvalue weighted by molar-refractivity contribution is 8.13. The monoisotopic (exact) mass is 144 g/mol. The molecule has 0 aromatic rings. The van der Waals surface area contributed by atoms with E-state index < -0.39 is 0 Å². The van der Waals surface area contributed by atoms with E-state index in [0.29, 0.717) is 5.17 Å². The Hall–Kier alpha value is -0.440. The summed E-state index contributed by atoms with van der Waals surface area (Å²) in [6.07, 6.45) is 3.67. The summed E-state index contributed by atoms with van der Waals surface area (Å²) in [5.74, 6) is 0. The van der Waals surface area contributed by atoms with Gasteiger partial charge in [0.15, 0.2) is 5.17 Å². The van der Waals surface area contributed by atoms with Gasteiger partial charge in [-0.2, -0.15) is 0 Å². The van der Waals surface area contributed by atoms with Gasteiger partial charge in [-0.15, -0.1) is 6.58 Å². The first-order valence-corrected chi connectivity index (χ1v) is 3.89. The van der Waals surface area contributed by atoms with Gasteiger partial charge in [-0.3, -0.25) is 5.41 Å². The first-order chi connectivity index (χ1) is 4.22. The van der Waals surface area contributed by atoms with Crippen molar-refractivity contribution in [2.45, 2.75) is 0 Å². The molecule has 52 valence electrons. The number of nitrogens with zero attached hydrogens (tertiary/aromatic N) is 1. The second-order valence-electron chi connectivity index (χ2n) is 1.68. The predicted octanol–water partition coefficient (Wildman–Crippen LogP) is 1.40. The van der Waals surface area contributed by atoms with Crippen LogP contribution in [-0.2, 0) is 0 Å². The van der Waals surface area contributed by atoms with Crippen molar-refractivity contribution < 1.29 is 0 Å². The summed E-state index contributed by atoms with van der Waals surface area (Å²) in [6, 6.07) is 0. The van der Waals surface area contributed by atoms with Gasteiger partial charge in [-0.1, -0.05) is 17.8 Å². The molecule has 0 aromatic carbocycles. The largest absolute Gasteiger partial charge is 0.351 e. The van der Waals surface area contributed by atoms with Crippen LogP contribution in [0.5, 0.6) is 0 Å². The number of hydrogen-bond acceptors (Lipinski definition) is 2. The first kappa shape index (κ1) is 8.56. The van der Waals surface area contributed by atoms with Crippen LogP contribution in [-0.4, -0.2) is 29.9 Å². The lowest BCUT2D eigenvalue weighted by atomic mass is 10.6. The van der Waals surface area contributed by atoms with Crippen molar-refractivity contribution in [1.29, 1.82) is 5.41 Å². The lowest BCUT2D eigenvalue weighted by Gasteiger charge is -2.14. The first-order valence-electron chi connectivity index (χ1n) is 2.67. The lowest BCUT2D eigenvalue weighted by molar-refractivity contribution is 0.573. The quantitative estimate of drug-likeness (QED) is 0.360. The topological polar surface area (TPSA) is 27.1 Å². The molecule has 0 aromatic heterocycles. The predicted molar refractivity (Wildman–Crippen MR) is 44.1 cm³/mol. The van der Waals surface area contributed by atoms with E-state index in [0.717, 1.165) is 6.54 Å². The maximum Gasteiger partial charge on any atom is 0.156 e. The molecule has 9 heavy (non-hydrogen) atoms. The maximum absolute atomic E-state index is 7.29.